The van der Waals surface area contributed by atoms with Crippen LogP contribution >= 0.6 is 0 Å². The normalized spacial score (nSPS) is 13.0. The van der Waals surface area contributed by atoms with Gasteiger partial charge in [-0.15, -0.1) is 0 Å². The molecule has 0 spiro atoms. The van der Waals surface area contributed by atoms with Gasteiger partial charge < -0.3 is 11.1 Å². The molecule has 1 aromatic carbocycles. The molecule has 0 fully saturated rings. The Morgan fingerprint density at radius 3 is 2.25 bits per heavy atom. The zero-order valence-electron chi connectivity index (χ0n) is 11.9. The van der Waals surface area contributed by atoms with E-state index in [1.54, 1.807) is 24.5 Å². The largest absolute Gasteiger partial charge is 0.325 e. The smallest absolute Gasteiger partial charge is 0.241 e. The van der Waals surface area contributed by atoms with Crippen LogP contribution in [0.5, 0.6) is 0 Å². The first-order chi connectivity index (χ1) is 9.38. The molecule has 1 amide bonds. The zero-order chi connectivity index (χ0) is 14.8. The molecule has 6 nitrogen and oxygen atoms in total. The second-order valence-corrected chi connectivity index (χ2v) is 5.70. The Bertz CT molecular complexity index is 569. The van der Waals surface area contributed by atoms with Crippen molar-refractivity contribution in [1.82, 2.24) is 15.0 Å². The molecule has 2 aromatic rings. The highest BCUT2D eigenvalue weighted by atomic mass is 16.2. The third-order valence-corrected chi connectivity index (χ3v) is 3.00. The first-order valence-electron chi connectivity index (χ1n) is 6.41. The number of anilines is 1. The summed E-state index contributed by atoms with van der Waals surface area (Å²) < 4.78 is 0. The first kappa shape index (κ1) is 14.2. The maximum Gasteiger partial charge on any atom is 0.241 e. The highest BCUT2D eigenvalue weighted by Crippen LogP contribution is 2.19. The Hall–Kier alpha value is -2.21. The number of nitrogens with zero attached hydrogens (tertiary/aromatic N) is 3. The van der Waals surface area contributed by atoms with Crippen molar-refractivity contribution in [2.75, 3.05) is 5.32 Å². The summed E-state index contributed by atoms with van der Waals surface area (Å²) in [7, 11) is 0. The molecule has 3 N–H and O–H groups in total. The highest BCUT2D eigenvalue weighted by molar-refractivity contribution is 5.95. The molecule has 0 radical (unpaired) electrons. The van der Waals surface area contributed by atoms with Crippen molar-refractivity contribution in [3.8, 4) is 5.69 Å². The van der Waals surface area contributed by atoms with Gasteiger partial charge in [0.1, 0.15) is 0 Å². The average molecular weight is 273 g/mol. The van der Waals surface area contributed by atoms with Gasteiger partial charge in [-0.05, 0) is 29.7 Å². The van der Waals surface area contributed by atoms with Crippen molar-refractivity contribution in [2.45, 2.75) is 26.8 Å². The predicted octanol–water partition coefficient (Wildman–Crippen LogP) is 1.58. The zero-order valence-corrected chi connectivity index (χ0v) is 11.9. The molecule has 1 aromatic heterocycles. The minimum Gasteiger partial charge on any atom is -0.325 e. The number of benzene rings is 1. The van der Waals surface area contributed by atoms with Crippen LogP contribution in [0.3, 0.4) is 0 Å². The quantitative estimate of drug-likeness (QED) is 0.889. The van der Waals surface area contributed by atoms with Gasteiger partial charge in [-0.3, -0.25) is 4.79 Å². The van der Waals surface area contributed by atoms with Crippen LogP contribution in [0, 0.1) is 5.41 Å². The van der Waals surface area contributed by atoms with Crippen LogP contribution in [0.4, 0.5) is 5.69 Å². The van der Waals surface area contributed by atoms with E-state index in [9.17, 15) is 4.79 Å². The van der Waals surface area contributed by atoms with Gasteiger partial charge in [-0.25, -0.2) is 0 Å². The molecule has 0 aliphatic heterocycles. The average Bonchev–Trinajstić information content (AvgIpc) is 2.91. The lowest BCUT2D eigenvalue weighted by molar-refractivity contribution is -0.119. The van der Waals surface area contributed by atoms with Crippen LogP contribution in [0.2, 0.25) is 0 Å². The van der Waals surface area contributed by atoms with Crippen molar-refractivity contribution >= 4 is 11.6 Å². The third-order valence-electron chi connectivity index (χ3n) is 3.00. The number of nitrogens with one attached hydrogen (secondary N) is 1. The van der Waals surface area contributed by atoms with Crippen LogP contribution in [-0.4, -0.2) is 26.9 Å². The molecule has 1 atom stereocenters. The van der Waals surface area contributed by atoms with E-state index < -0.39 is 6.04 Å². The minimum absolute atomic E-state index is 0.192. The minimum atomic E-state index is -0.560. The van der Waals surface area contributed by atoms with Crippen LogP contribution in [0.1, 0.15) is 20.8 Å². The molecular weight excluding hydrogens is 254 g/mol. The number of aromatic nitrogens is 3. The second kappa shape index (κ2) is 5.42. The number of carbonyl (C=O) groups excluding carboxylic acids is 1. The molecular formula is C14H19N5O. The number of rotatable bonds is 3. The molecule has 106 valence electrons. The molecule has 0 bridgehead atoms. The van der Waals surface area contributed by atoms with Crippen molar-refractivity contribution in [3.05, 3.63) is 36.7 Å². The molecule has 6 heteroatoms. The van der Waals surface area contributed by atoms with Gasteiger partial charge in [0.2, 0.25) is 5.91 Å². The van der Waals surface area contributed by atoms with Crippen molar-refractivity contribution in [2.24, 2.45) is 11.1 Å². The number of amides is 1. The lowest BCUT2D eigenvalue weighted by Gasteiger charge is -2.25. The van der Waals surface area contributed by atoms with E-state index in [2.05, 4.69) is 15.5 Å². The molecule has 0 unspecified atom stereocenters. The van der Waals surface area contributed by atoms with Crippen LogP contribution in [0.15, 0.2) is 36.7 Å². The Morgan fingerprint density at radius 1 is 1.20 bits per heavy atom. The molecule has 0 saturated heterocycles. The fraction of sp³-hybridized carbons (Fsp3) is 0.357. The summed E-state index contributed by atoms with van der Waals surface area (Å²) in [4.78, 5) is 13.5. The number of hydrogen-bond acceptors (Lipinski definition) is 4. The fourth-order valence-electron chi connectivity index (χ4n) is 1.64. The van der Waals surface area contributed by atoms with Gasteiger partial charge in [0, 0.05) is 5.69 Å². The topological polar surface area (TPSA) is 85.8 Å². The Kier molecular flexibility index (Phi) is 3.85. The standard InChI is InChI=1S/C14H19N5O/c1-14(2,3)12(15)13(20)18-10-4-6-11(7-5-10)19-16-8-9-17-19/h4-9,12H,15H2,1-3H3,(H,18,20)/t12-/m0/s1. The van der Waals surface area contributed by atoms with Gasteiger partial charge >= 0.3 is 0 Å². The van der Waals surface area contributed by atoms with E-state index in [1.165, 1.54) is 4.80 Å². The van der Waals surface area contributed by atoms with Crippen LogP contribution < -0.4 is 11.1 Å². The molecule has 0 saturated carbocycles. The van der Waals surface area contributed by atoms with E-state index >= 15 is 0 Å². The van der Waals surface area contributed by atoms with E-state index in [0.29, 0.717) is 5.69 Å². The maximum atomic E-state index is 12.0. The van der Waals surface area contributed by atoms with Crippen molar-refractivity contribution in [1.29, 1.82) is 0 Å². The van der Waals surface area contributed by atoms with Crippen LogP contribution in [-0.2, 0) is 4.79 Å². The van der Waals surface area contributed by atoms with E-state index in [0.717, 1.165) is 5.69 Å². The van der Waals surface area contributed by atoms with E-state index in [-0.39, 0.29) is 11.3 Å². The van der Waals surface area contributed by atoms with E-state index in [4.69, 9.17) is 5.73 Å². The van der Waals surface area contributed by atoms with Gasteiger partial charge in [0.15, 0.2) is 0 Å². The highest BCUT2D eigenvalue weighted by Gasteiger charge is 2.27. The molecule has 1 heterocycles. The summed E-state index contributed by atoms with van der Waals surface area (Å²) in [6, 6.07) is 6.70. The summed E-state index contributed by atoms with van der Waals surface area (Å²) in [5.74, 6) is -0.192. The number of nitrogens with two attached hydrogens (primary N) is 1. The lowest BCUT2D eigenvalue weighted by Crippen LogP contribution is -2.45. The van der Waals surface area contributed by atoms with Gasteiger partial charge in [0.05, 0.1) is 24.1 Å². The number of hydrogen-bond donors (Lipinski definition) is 2. The number of carbonyl (C=O) groups is 1. The monoisotopic (exact) mass is 273 g/mol. The summed E-state index contributed by atoms with van der Waals surface area (Å²) in [6.45, 7) is 5.80. The summed E-state index contributed by atoms with van der Waals surface area (Å²) >= 11 is 0. The van der Waals surface area contributed by atoms with E-state index in [1.807, 2.05) is 32.9 Å². The first-order valence-corrected chi connectivity index (χ1v) is 6.41. The van der Waals surface area contributed by atoms with Gasteiger partial charge in [0.25, 0.3) is 0 Å². The Labute approximate surface area is 118 Å². The van der Waals surface area contributed by atoms with Crippen LogP contribution in [0.25, 0.3) is 5.69 Å². The van der Waals surface area contributed by atoms with Crippen molar-refractivity contribution in [3.63, 3.8) is 0 Å². The molecule has 2 rings (SSSR count). The predicted molar refractivity (Wildman–Crippen MR) is 77.4 cm³/mol. The fourth-order valence-corrected chi connectivity index (χ4v) is 1.64. The summed E-state index contributed by atoms with van der Waals surface area (Å²) in [5.41, 5.74) is 7.16. The molecule has 20 heavy (non-hydrogen) atoms. The second-order valence-electron chi connectivity index (χ2n) is 5.70. The van der Waals surface area contributed by atoms with Gasteiger partial charge in [-0.2, -0.15) is 15.0 Å². The maximum absolute atomic E-state index is 12.0. The van der Waals surface area contributed by atoms with Crippen molar-refractivity contribution < 1.29 is 4.79 Å². The summed E-state index contributed by atoms with van der Waals surface area (Å²) in [5, 5.41) is 10.9. The summed E-state index contributed by atoms with van der Waals surface area (Å²) in [6.07, 6.45) is 3.22. The molecule has 0 aliphatic rings. The van der Waals surface area contributed by atoms with Gasteiger partial charge in [-0.1, -0.05) is 20.8 Å². The Morgan fingerprint density at radius 2 is 1.75 bits per heavy atom. The molecule has 0 aliphatic carbocycles. The lowest BCUT2D eigenvalue weighted by atomic mass is 9.87. The third kappa shape index (κ3) is 3.21. The Balaban J connectivity index is 2.06. The SMILES string of the molecule is CC(C)(C)[C@@H](N)C(=O)Nc1ccc(-n2nccn2)cc1.